The summed E-state index contributed by atoms with van der Waals surface area (Å²) in [6.45, 7) is 6.43. The Labute approximate surface area is 174 Å². The van der Waals surface area contributed by atoms with Crippen LogP contribution in [0, 0.1) is 27.4 Å². The lowest BCUT2D eigenvalue weighted by molar-refractivity contribution is -0.384. The molecule has 0 spiro atoms. The largest absolute Gasteiger partial charge is 0.447 e. The summed E-state index contributed by atoms with van der Waals surface area (Å²) in [6, 6.07) is 15.0. The van der Waals surface area contributed by atoms with E-state index in [-0.39, 0.29) is 11.6 Å². The molecule has 30 heavy (non-hydrogen) atoms. The molecule has 0 N–H and O–H groups in total. The highest BCUT2D eigenvalue weighted by molar-refractivity contribution is 5.73. The third-order valence-corrected chi connectivity index (χ3v) is 4.31. The topological polar surface area (TPSA) is 121 Å². The van der Waals surface area contributed by atoms with Crippen LogP contribution in [0.25, 0.3) is 0 Å². The number of hydrogen-bond acceptors (Lipinski definition) is 8. The molecule has 0 aromatic heterocycles. The first kappa shape index (κ1) is 22.5. The smallest absolute Gasteiger partial charge is 0.311 e. The lowest BCUT2D eigenvalue weighted by atomic mass is 10.1. The van der Waals surface area contributed by atoms with Crippen molar-refractivity contribution < 1.29 is 14.5 Å². The standard InChI is InChI=1S/C21H23N5O4/c1-4-25(14-15(2)21(27)30-16(3)13-22)19-9-5-17(6-10-19)23-24-18-7-11-20(12-8-18)26(28)29/h5-12,15-16H,4,14H2,1-3H3/b24-23+. The van der Waals surface area contributed by atoms with Crippen molar-refractivity contribution in [2.24, 2.45) is 16.1 Å². The van der Waals surface area contributed by atoms with Crippen molar-refractivity contribution in [2.75, 3.05) is 18.0 Å². The molecule has 2 aromatic carbocycles. The van der Waals surface area contributed by atoms with E-state index in [2.05, 4.69) is 10.2 Å². The van der Waals surface area contributed by atoms with Crippen LogP contribution in [0.2, 0.25) is 0 Å². The number of nitro groups is 1. The Hall–Kier alpha value is -3.80. The number of rotatable bonds is 9. The maximum atomic E-state index is 12.1. The number of nitro benzene ring substituents is 1. The second-order valence-electron chi connectivity index (χ2n) is 6.64. The molecule has 156 valence electrons. The number of azo groups is 1. The second kappa shape index (κ2) is 10.7. The number of carbonyl (C=O) groups excluding carboxylic acids is 1. The zero-order valence-electron chi connectivity index (χ0n) is 17.1. The fourth-order valence-corrected chi connectivity index (χ4v) is 2.63. The van der Waals surface area contributed by atoms with Gasteiger partial charge in [0, 0.05) is 30.9 Å². The highest BCUT2D eigenvalue weighted by atomic mass is 16.6. The van der Waals surface area contributed by atoms with Crippen molar-refractivity contribution >= 4 is 28.7 Å². The first-order chi connectivity index (χ1) is 14.3. The summed E-state index contributed by atoms with van der Waals surface area (Å²) in [4.78, 5) is 24.3. The van der Waals surface area contributed by atoms with Gasteiger partial charge in [-0.3, -0.25) is 14.9 Å². The summed E-state index contributed by atoms with van der Waals surface area (Å²) in [5, 5.41) is 27.7. The van der Waals surface area contributed by atoms with Crippen molar-refractivity contribution in [2.45, 2.75) is 26.9 Å². The van der Waals surface area contributed by atoms with Crippen LogP contribution in [-0.4, -0.2) is 30.1 Å². The summed E-state index contributed by atoms with van der Waals surface area (Å²) in [7, 11) is 0. The summed E-state index contributed by atoms with van der Waals surface area (Å²) in [6.07, 6.45) is -0.768. The SMILES string of the molecule is CCN(CC(C)C(=O)OC(C)C#N)c1ccc(/N=N/c2ccc([N+](=O)[O-])cc2)cc1. The first-order valence-corrected chi connectivity index (χ1v) is 9.45. The Morgan fingerprint density at radius 2 is 1.67 bits per heavy atom. The van der Waals surface area contributed by atoms with Gasteiger partial charge in [-0.05, 0) is 50.2 Å². The fraction of sp³-hybridized carbons (Fsp3) is 0.333. The number of benzene rings is 2. The minimum absolute atomic E-state index is 0.00171. The predicted octanol–water partition coefficient (Wildman–Crippen LogP) is 4.93. The van der Waals surface area contributed by atoms with E-state index in [1.807, 2.05) is 30.0 Å². The minimum Gasteiger partial charge on any atom is -0.447 e. The molecule has 0 saturated carbocycles. The second-order valence-corrected chi connectivity index (χ2v) is 6.64. The van der Waals surface area contributed by atoms with Gasteiger partial charge in [-0.1, -0.05) is 6.92 Å². The number of non-ortho nitro benzene ring substituents is 1. The molecular weight excluding hydrogens is 386 g/mol. The van der Waals surface area contributed by atoms with Gasteiger partial charge in [0.15, 0.2) is 6.10 Å². The molecule has 2 rings (SSSR count). The molecule has 0 aliphatic heterocycles. The molecular formula is C21H23N5O4. The van der Waals surface area contributed by atoms with Gasteiger partial charge in [-0.2, -0.15) is 15.5 Å². The number of nitrogens with zero attached hydrogens (tertiary/aromatic N) is 5. The van der Waals surface area contributed by atoms with Gasteiger partial charge in [0.1, 0.15) is 6.07 Å². The van der Waals surface area contributed by atoms with Gasteiger partial charge >= 0.3 is 5.97 Å². The van der Waals surface area contributed by atoms with E-state index in [1.165, 1.54) is 31.2 Å². The Balaban J connectivity index is 2.01. The Bertz CT molecular complexity index is 935. The third-order valence-electron chi connectivity index (χ3n) is 4.31. The summed E-state index contributed by atoms with van der Waals surface area (Å²) < 4.78 is 5.06. The molecule has 9 nitrogen and oxygen atoms in total. The highest BCUT2D eigenvalue weighted by Crippen LogP contribution is 2.24. The number of esters is 1. The molecule has 0 radical (unpaired) electrons. The average Bonchev–Trinajstić information content (AvgIpc) is 2.76. The van der Waals surface area contributed by atoms with E-state index in [9.17, 15) is 14.9 Å². The average molecular weight is 409 g/mol. The van der Waals surface area contributed by atoms with Gasteiger partial charge < -0.3 is 9.64 Å². The van der Waals surface area contributed by atoms with E-state index >= 15 is 0 Å². The van der Waals surface area contributed by atoms with Gasteiger partial charge in [-0.25, -0.2) is 0 Å². The number of anilines is 1. The minimum atomic E-state index is -0.768. The molecule has 0 fully saturated rings. The zero-order valence-corrected chi connectivity index (χ0v) is 17.1. The van der Waals surface area contributed by atoms with Crippen LogP contribution in [0.1, 0.15) is 20.8 Å². The highest BCUT2D eigenvalue weighted by Gasteiger charge is 2.20. The lowest BCUT2D eigenvalue weighted by Gasteiger charge is -2.26. The van der Waals surface area contributed by atoms with Crippen molar-refractivity contribution in [1.82, 2.24) is 0 Å². The molecule has 0 saturated heterocycles. The normalized spacial score (nSPS) is 12.7. The maximum Gasteiger partial charge on any atom is 0.311 e. The molecule has 9 heteroatoms. The van der Waals surface area contributed by atoms with Gasteiger partial charge in [0.2, 0.25) is 0 Å². The number of ether oxygens (including phenoxy) is 1. The van der Waals surface area contributed by atoms with E-state index < -0.39 is 17.0 Å². The summed E-state index contributed by atoms with van der Waals surface area (Å²) in [5.41, 5.74) is 2.06. The zero-order chi connectivity index (χ0) is 22.1. The molecule has 0 heterocycles. The van der Waals surface area contributed by atoms with E-state index in [0.717, 1.165) is 5.69 Å². The van der Waals surface area contributed by atoms with Crippen molar-refractivity contribution in [3.05, 3.63) is 58.6 Å². The number of carbonyl (C=O) groups is 1. The Morgan fingerprint density at radius 3 is 2.13 bits per heavy atom. The quantitative estimate of drug-likeness (QED) is 0.250. The molecule has 2 unspecified atom stereocenters. The summed E-state index contributed by atoms with van der Waals surface area (Å²) >= 11 is 0. The summed E-state index contributed by atoms with van der Waals surface area (Å²) in [5.74, 6) is -0.793. The number of hydrogen-bond donors (Lipinski definition) is 0. The van der Waals surface area contributed by atoms with Gasteiger partial charge in [0.25, 0.3) is 5.69 Å². The first-order valence-electron chi connectivity index (χ1n) is 9.45. The van der Waals surface area contributed by atoms with Crippen LogP contribution in [0.5, 0.6) is 0 Å². The van der Waals surface area contributed by atoms with Crippen molar-refractivity contribution in [1.29, 1.82) is 5.26 Å². The van der Waals surface area contributed by atoms with Crippen LogP contribution in [0.15, 0.2) is 58.8 Å². The number of nitriles is 1. The van der Waals surface area contributed by atoms with E-state index in [0.29, 0.717) is 24.5 Å². The van der Waals surface area contributed by atoms with Gasteiger partial charge in [0.05, 0.1) is 22.2 Å². The molecule has 0 aliphatic carbocycles. The molecule has 2 atom stereocenters. The molecule has 2 aromatic rings. The Morgan fingerprint density at radius 1 is 1.13 bits per heavy atom. The molecule has 0 aliphatic rings. The van der Waals surface area contributed by atoms with Crippen molar-refractivity contribution in [3.63, 3.8) is 0 Å². The lowest BCUT2D eigenvalue weighted by Crippen LogP contribution is -2.33. The van der Waals surface area contributed by atoms with Crippen molar-refractivity contribution in [3.8, 4) is 6.07 Å². The van der Waals surface area contributed by atoms with E-state index in [4.69, 9.17) is 10.00 Å². The monoisotopic (exact) mass is 409 g/mol. The predicted molar refractivity (Wildman–Crippen MR) is 112 cm³/mol. The van der Waals surface area contributed by atoms with E-state index in [1.54, 1.807) is 19.1 Å². The maximum absolute atomic E-state index is 12.1. The fourth-order valence-electron chi connectivity index (χ4n) is 2.63. The van der Waals surface area contributed by atoms with Crippen LogP contribution in [0.3, 0.4) is 0 Å². The van der Waals surface area contributed by atoms with Crippen LogP contribution < -0.4 is 4.90 Å². The third kappa shape index (κ3) is 6.38. The Kier molecular flexibility index (Phi) is 7.99. The van der Waals surface area contributed by atoms with Crippen LogP contribution in [-0.2, 0) is 9.53 Å². The molecule has 0 bridgehead atoms. The van der Waals surface area contributed by atoms with Gasteiger partial charge in [-0.15, -0.1) is 0 Å². The molecule has 0 amide bonds. The van der Waals surface area contributed by atoms with Crippen LogP contribution in [0.4, 0.5) is 22.7 Å². The van der Waals surface area contributed by atoms with Crippen LogP contribution >= 0.6 is 0 Å².